The van der Waals surface area contributed by atoms with Crippen molar-refractivity contribution in [2.24, 2.45) is 0 Å². The molecule has 0 saturated carbocycles. The van der Waals surface area contributed by atoms with Gasteiger partial charge in [-0.25, -0.2) is 0 Å². The first-order valence-corrected chi connectivity index (χ1v) is 11.9. The van der Waals surface area contributed by atoms with Gasteiger partial charge in [0.05, 0.1) is 6.61 Å². The number of benzene rings is 3. The third-order valence-electron chi connectivity index (χ3n) is 5.43. The number of hydrogen-bond donors (Lipinski definition) is 1. The van der Waals surface area contributed by atoms with E-state index in [1.807, 2.05) is 48.5 Å². The van der Waals surface area contributed by atoms with E-state index in [0.717, 1.165) is 11.1 Å². The van der Waals surface area contributed by atoms with Gasteiger partial charge < -0.3 is 15.0 Å². The molecule has 0 unspecified atom stereocenters. The van der Waals surface area contributed by atoms with Crippen LogP contribution >= 0.6 is 23.2 Å². The van der Waals surface area contributed by atoms with Crippen molar-refractivity contribution in [2.45, 2.75) is 31.8 Å². The molecule has 1 atom stereocenters. The van der Waals surface area contributed by atoms with Crippen molar-refractivity contribution in [2.75, 3.05) is 13.7 Å². The van der Waals surface area contributed by atoms with Gasteiger partial charge >= 0.3 is 0 Å². The smallest absolute Gasteiger partial charge is 0.242 e. The molecule has 0 aliphatic carbocycles. The zero-order chi connectivity index (χ0) is 24.3. The Morgan fingerprint density at radius 3 is 2.29 bits per heavy atom. The summed E-state index contributed by atoms with van der Waals surface area (Å²) in [5.74, 6) is 0.336. The normalized spacial score (nSPS) is 11.5. The Morgan fingerprint density at radius 2 is 1.62 bits per heavy atom. The van der Waals surface area contributed by atoms with Gasteiger partial charge in [0.25, 0.3) is 0 Å². The minimum atomic E-state index is -0.673. The van der Waals surface area contributed by atoms with Crippen molar-refractivity contribution in [1.29, 1.82) is 0 Å². The fraction of sp³-hybridized carbons (Fsp3) is 0.259. The average molecular weight is 499 g/mol. The summed E-state index contributed by atoms with van der Waals surface area (Å²) in [6.07, 6.45) is 1.14. The van der Waals surface area contributed by atoms with Crippen LogP contribution in [0.3, 0.4) is 0 Å². The van der Waals surface area contributed by atoms with Gasteiger partial charge in [-0.2, -0.15) is 0 Å². The van der Waals surface area contributed by atoms with E-state index >= 15 is 0 Å². The Balaban J connectivity index is 1.75. The van der Waals surface area contributed by atoms with Gasteiger partial charge in [0.2, 0.25) is 11.8 Å². The molecule has 0 fully saturated rings. The Labute approximate surface area is 210 Å². The van der Waals surface area contributed by atoms with E-state index in [2.05, 4.69) is 5.32 Å². The highest BCUT2D eigenvalue weighted by atomic mass is 35.5. The molecule has 178 valence electrons. The average Bonchev–Trinajstić information content (AvgIpc) is 2.86. The van der Waals surface area contributed by atoms with Crippen molar-refractivity contribution >= 4 is 35.0 Å². The lowest BCUT2D eigenvalue weighted by Gasteiger charge is -2.31. The van der Waals surface area contributed by atoms with Gasteiger partial charge in [-0.05, 0) is 47.9 Å². The van der Waals surface area contributed by atoms with Crippen LogP contribution in [0, 0.1) is 0 Å². The lowest BCUT2D eigenvalue weighted by molar-refractivity contribution is -0.141. The lowest BCUT2D eigenvalue weighted by Crippen LogP contribution is -2.49. The van der Waals surface area contributed by atoms with E-state index in [4.69, 9.17) is 27.9 Å². The Bertz CT molecular complexity index is 1070. The van der Waals surface area contributed by atoms with Gasteiger partial charge in [-0.15, -0.1) is 0 Å². The maximum absolute atomic E-state index is 13.4. The summed E-state index contributed by atoms with van der Waals surface area (Å²) in [6, 6.07) is 23.4. The molecule has 7 heteroatoms. The Hall–Kier alpha value is -3.02. The highest BCUT2D eigenvalue weighted by molar-refractivity contribution is 6.31. The predicted octanol–water partition coefficient (Wildman–Crippen LogP) is 5.54. The second kappa shape index (κ2) is 13.0. The van der Waals surface area contributed by atoms with E-state index in [0.29, 0.717) is 35.2 Å². The van der Waals surface area contributed by atoms with Crippen LogP contribution in [-0.2, 0) is 22.6 Å². The number of nitrogens with one attached hydrogen (secondary N) is 1. The molecule has 0 aromatic heterocycles. The second-order valence-electron chi connectivity index (χ2n) is 7.84. The topological polar surface area (TPSA) is 58.6 Å². The van der Waals surface area contributed by atoms with Crippen molar-refractivity contribution in [3.05, 3.63) is 100 Å². The van der Waals surface area contributed by atoms with E-state index < -0.39 is 6.04 Å². The number of amides is 2. The first-order chi connectivity index (χ1) is 16.5. The molecule has 0 heterocycles. The fourth-order valence-electron chi connectivity index (χ4n) is 3.62. The molecule has 3 rings (SSSR count). The number of likely N-dealkylation sites (N-methyl/N-ethyl adjacent to an activating group) is 1. The monoisotopic (exact) mass is 498 g/mol. The minimum Gasteiger partial charge on any atom is -0.494 e. The maximum atomic E-state index is 13.4. The molecule has 0 radical (unpaired) electrons. The van der Waals surface area contributed by atoms with Crippen LogP contribution in [0.5, 0.6) is 5.75 Å². The molecule has 0 aliphatic heterocycles. The Morgan fingerprint density at radius 1 is 0.941 bits per heavy atom. The third-order valence-corrected chi connectivity index (χ3v) is 6.05. The van der Waals surface area contributed by atoms with E-state index in [9.17, 15) is 9.59 Å². The van der Waals surface area contributed by atoms with E-state index in [1.165, 1.54) is 0 Å². The van der Waals surface area contributed by atoms with Crippen molar-refractivity contribution in [3.8, 4) is 5.75 Å². The van der Waals surface area contributed by atoms with Crippen LogP contribution in [0.1, 0.15) is 24.0 Å². The third kappa shape index (κ3) is 7.51. The zero-order valence-corrected chi connectivity index (χ0v) is 20.6. The second-order valence-corrected chi connectivity index (χ2v) is 8.68. The van der Waals surface area contributed by atoms with Gasteiger partial charge in [0.15, 0.2) is 0 Å². The SMILES string of the molecule is CNC(=O)[C@@H](Cc1ccccc1)N(Cc1ccccc1Cl)C(=O)CCCOc1ccc(Cl)cc1. The van der Waals surface area contributed by atoms with Gasteiger partial charge in [-0.1, -0.05) is 71.7 Å². The number of carbonyl (C=O) groups excluding carboxylic acids is 2. The number of halogens is 2. The number of rotatable bonds is 11. The molecule has 3 aromatic rings. The summed E-state index contributed by atoms with van der Waals surface area (Å²) in [7, 11) is 1.58. The highest BCUT2D eigenvalue weighted by Gasteiger charge is 2.29. The molecule has 2 amide bonds. The molecule has 0 spiro atoms. The summed E-state index contributed by atoms with van der Waals surface area (Å²) in [4.78, 5) is 27.9. The highest BCUT2D eigenvalue weighted by Crippen LogP contribution is 2.21. The molecule has 0 bridgehead atoms. The molecule has 3 aromatic carbocycles. The largest absolute Gasteiger partial charge is 0.494 e. The molecule has 0 saturated heterocycles. The molecule has 34 heavy (non-hydrogen) atoms. The van der Waals surface area contributed by atoms with Crippen LogP contribution in [0.4, 0.5) is 0 Å². The molecular weight excluding hydrogens is 471 g/mol. The molecular formula is C27H28Cl2N2O3. The Kier molecular flexibility index (Phi) is 9.80. The summed E-state index contributed by atoms with van der Waals surface area (Å²) < 4.78 is 5.72. The van der Waals surface area contributed by atoms with Gasteiger partial charge in [-0.3, -0.25) is 9.59 Å². The first-order valence-electron chi connectivity index (χ1n) is 11.1. The van der Waals surface area contributed by atoms with Crippen LogP contribution < -0.4 is 10.1 Å². The van der Waals surface area contributed by atoms with Gasteiger partial charge in [0.1, 0.15) is 11.8 Å². The van der Waals surface area contributed by atoms with Crippen LogP contribution in [0.25, 0.3) is 0 Å². The zero-order valence-electron chi connectivity index (χ0n) is 19.0. The summed E-state index contributed by atoms with van der Waals surface area (Å²) in [5.41, 5.74) is 1.76. The quantitative estimate of drug-likeness (QED) is 0.353. The van der Waals surface area contributed by atoms with Crippen molar-refractivity contribution in [3.63, 3.8) is 0 Å². The maximum Gasteiger partial charge on any atom is 0.242 e. The van der Waals surface area contributed by atoms with Crippen LogP contribution in [0.15, 0.2) is 78.9 Å². The van der Waals surface area contributed by atoms with E-state index in [-0.39, 0.29) is 24.8 Å². The standard InChI is InChI=1S/C27H28Cl2N2O3/c1-30-27(33)25(18-20-8-3-2-4-9-20)31(19-21-10-5-6-11-24(21)29)26(32)12-7-17-34-23-15-13-22(28)14-16-23/h2-6,8-11,13-16,25H,7,12,17-19H2,1H3,(H,30,33)/t25-/m1/s1. The summed E-state index contributed by atoms with van der Waals surface area (Å²) in [5, 5.41) is 3.91. The predicted molar refractivity (Wildman–Crippen MR) is 136 cm³/mol. The molecule has 1 N–H and O–H groups in total. The van der Waals surface area contributed by atoms with Crippen LogP contribution in [-0.4, -0.2) is 36.4 Å². The van der Waals surface area contributed by atoms with Crippen molar-refractivity contribution in [1.82, 2.24) is 10.2 Å². The minimum absolute atomic E-state index is 0.135. The number of carbonyl (C=O) groups is 2. The lowest BCUT2D eigenvalue weighted by atomic mass is 10.0. The van der Waals surface area contributed by atoms with E-state index in [1.54, 1.807) is 42.3 Å². The number of hydrogen-bond acceptors (Lipinski definition) is 3. The fourth-order valence-corrected chi connectivity index (χ4v) is 3.94. The first kappa shape index (κ1) is 25.6. The molecule has 5 nitrogen and oxygen atoms in total. The molecule has 0 aliphatic rings. The van der Waals surface area contributed by atoms with Crippen molar-refractivity contribution < 1.29 is 14.3 Å². The summed E-state index contributed by atoms with van der Waals surface area (Å²) in [6.45, 7) is 0.609. The summed E-state index contributed by atoms with van der Waals surface area (Å²) >= 11 is 12.3. The number of ether oxygens (including phenoxy) is 1. The van der Waals surface area contributed by atoms with Gasteiger partial charge in [0, 0.05) is 36.5 Å². The van der Waals surface area contributed by atoms with Crippen LogP contribution in [0.2, 0.25) is 10.0 Å². The number of nitrogens with zero attached hydrogens (tertiary/aromatic N) is 1.